The van der Waals surface area contributed by atoms with Gasteiger partial charge in [0.25, 0.3) is 10.0 Å². The molecule has 0 radical (unpaired) electrons. The molecule has 236 valence electrons. The predicted octanol–water partition coefficient (Wildman–Crippen LogP) is 6.36. The van der Waals surface area contributed by atoms with Gasteiger partial charge in [0.2, 0.25) is 11.8 Å². The Balaban J connectivity index is 1.81. The minimum absolute atomic E-state index is 0.0854. The van der Waals surface area contributed by atoms with Gasteiger partial charge >= 0.3 is 0 Å². The number of rotatable bonds is 13. The van der Waals surface area contributed by atoms with E-state index < -0.39 is 28.5 Å². The highest BCUT2D eigenvalue weighted by molar-refractivity contribution is 7.92. The molecule has 2 amide bonds. The Kier molecular flexibility index (Phi) is 11.2. The number of carbonyl (C=O) groups excluding carboxylic acids is 2. The standard InChI is InChI=1S/C37H43N3O4S/c1-6-30(5)38-37(42)35(24-31-13-8-7-9-14-31)39(25-32-15-11-10-12-29(32)4)36(41)26-40(33-20-16-27(2)17-21-33)45(43,44)34-22-18-28(3)19-23-34/h7-23,30,35H,6,24-26H2,1-5H3,(H,38,42)/t30-,35-/m1/s1. The maximum absolute atomic E-state index is 14.6. The Bertz CT molecular complexity index is 1690. The van der Waals surface area contributed by atoms with Crippen molar-refractivity contribution in [3.05, 3.63) is 131 Å². The number of benzene rings is 4. The molecule has 8 heteroatoms. The van der Waals surface area contributed by atoms with Crippen molar-refractivity contribution in [2.24, 2.45) is 0 Å². The van der Waals surface area contributed by atoms with Crippen LogP contribution in [0.1, 0.15) is 48.1 Å². The molecule has 4 rings (SSSR count). The molecule has 0 heterocycles. The van der Waals surface area contributed by atoms with Crippen LogP contribution in [0.3, 0.4) is 0 Å². The second kappa shape index (κ2) is 15.0. The van der Waals surface area contributed by atoms with E-state index in [1.807, 2.05) is 101 Å². The van der Waals surface area contributed by atoms with E-state index >= 15 is 0 Å². The maximum atomic E-state index is 14.6. The van der Waals surface area contributed by atoms with Crippen molar-refractivity contribution < 1.29 is 18.0 Å². The Morgan fingerprint density at radius 3 is 1.96 bits per heavy atom. The highest BCUT2D eigenvalue weighted by Gasteiger charge is 2.35. The molecule has 7 nitrogen and oxygen atoms in total. The van der Waals surface area contributed by atoms with Gasteiger partial charge in [-0.05, 0) is 75.1 Å². The number of hydrogen-bond acceptors (Lipinski definition) is 4. The lowest BCUT2D eigenvalue weighted by Crippen LogP contribution is -2.54. The topological polar surface area (TPSA) is 86.8 Å². The van der Waals surface area contributed by atoms with Crippen LogP contribution in [0.2, 0.25) is 0 Å². The fraction of sp³-hybridized carbons (Fsp3) is 0.297. The average Bonchev–Trinajstić information content (AvgIpc) is 3.03. The molecule has 4 aromatic carbocycles. The van der Waals surface area contributed by atoms with Crippen molar-refractivity contribution in [2.45, 2.75) is 71.0 Å². The van der Waals surface area contributed by atoms with E-state index in [-0.39, 0.29) is 29.8 Å². The molecule has 45 heavy (non-hydrogen) atoms. The van der Waals surface area contributed by atoms with E-state index in [1.165, 1.54) is 0 Å². The SMILES string of the molecule is CC[C@@H](C)NC(=O)[C@@H](Cc1ccccc1)N(Cc1ccccc1C)C(=O)CN(c1ccc(C)cc1)S(=O)(=O)c1ccc(C)cc1. The van der Waals surface area contributed by atoms with Crippen molar-refractivity contribution in [1.29, 1.82) is 0 Å². The van der Waals surface area contributed by atoms with Crippen LogP contribution in [0.5, 0.6) is 0 Å². The van der Waals surface area contributed by atoms with Crippen molar-refractivity contribution >= 4 is 27.5 Å². The molecule has 0 aliphatic heterocycles. The molecule has 0 saturated carbocycles. The Morgan fingerprint density at radius 1 is 0.778 bits per heavy atom. The Hall–Kier alpha value is -4.43. The summed E-state index contributed by atoms with van der Waals surface area (Å²) >= 11 is 0. The van der Waals surface area contributed by atoms with E-state index in [9.17, 15) is 18.0 Å². The summed E-state index contributed by atoms with van der Waals surface area (Å²) in [6, 6.07) is 30.0. The first kappa shape index (κ1) is 33.5. The van der Waals surface area contributed by atoms with Crippen LogP contribution < -0.4 is 9.62 Å². The number of carbonyl (C=O) groups is 2. The minimum atomic E-state index is -4.14. The van der Waals surface area contributed by atoms with Gasteiger partial charge in [0.05, 0.1) is 10.6 Å². The zero-order valence-electron chi connectivity index (χ0n) is 26.7. The molecule has 0 fully saturated rings. The van der Waals surface area contributed by atoms with Gasteiger partial charge in [0.1, 0.15) is 12.6 Å². The quantitative estimate of drug-likeness (QED) is 0.187. The predicted molar refractivity (Wildman–Crippen MR) is 180 cm³/mol. The van der Waals surface area contributed by atoms with Gasteiger partial charge in [-0.15, -0.1) is 0 Å². The fourth-order valence-corrected chi connectivity index (χ4v) is 6.46. The summed E-state index contributed by atoms with van der Waals surface area (Å²) in [5, 5.41) is 3.07. The molecular formula is C37H43N3O4S. The third-order valence-electron chi connectivity index (χ3n) is 8.08. The highest BCUT2D eigenvalue weighted by atomic mass is 32.2. The number of anilines is 1. The van der Waals surface area contributed by atoms with Crippen LogP contribution in [0, 0.1) is 20.8 Å². The van der Waals surface area contributed by atoms with Crippen molar-refractivity contribution in [2.75, 3.05) is 10.8 Å². The van der Waals surface area contributed by atoms with E-state index in [0.29, 0.717) is 5.69 Å². The smallest absolute Gasteiger partial charge is 0.264 e. The van der Waals surface area contributed by atoms with Crippen LogP contribution in [0.25, 0.3) is 0 Å². The Labute approximate surface area is 268 Å². The summed E-state index contributed by atoms with van der Waals surface area (Å²) in [7, 11) is -4.14. The molecule has 2 atom stereocenters. The third-order valence-corrected chi connectivity index (χ3v) is 9.87. The molecular weight excluding hydrogens is 582 g/mol. The third kappa shape index (κ3) is 8.60. The summed E-state index contributed by atoms with van der Waals surface area (Å²) in [5.41, 5.74) is 5.00. The van der Waals surface area contributed by atoms with Gasteiger partial charge < -0.3 is 10.2 Å². The molecule has 4 aromatic rings. The second-order valence-electron chi connectivity index (χ2n) is 11.6. The molecule has 0 aliphatic rings. The molecule has 0 saturated heterocycles. The zero-order chi connectivity index (χ0) is 32.6. The molecule has 1 N–H and O–H groups in total. The first-order valence-corrected chi connectivity index (χ1v) is 16.8. The van der Waals surface area contributed by atoms with E-state index in [0.717, 1.165) is 38.5 Å². The minimum Gasteiger partial charge on any atom is -0.352 e. The van der Waals surface area contributed by atoms with E-state index in [2.05, 4.69) is 5.32 Å². The van der Waals surface area contributed by atoms with Crippen LogP contribution in [0.15, 0.2) is 108 Å². The largest absolute Gasteiger partial charge is 0.352 e. The fourth-order valence-electron chi connectivity index (χ4n) is 5.04. The summed E-state index contributed by atoms with van der Waals surface area (Å²) < 4.78 is 29.5. The van der Waals surface area contributed by atoms with Crippen molar-refractivity contribution in [1.82, 2.24) is 10.2 Å². The number of nitrogens with zero attached hydrogens (tertiary/aromatic N) is 2. The monoisotopic (exact) mass is 625 g/mol. The van der Waals surface area contributed by atoms with Crippen LogP contribution in [-0.4, -0.2) is 43.8 Å². The van der Waals surface area contributed by atoms with Gasteiger partial charge in [-0.1, -0.05) is 96.9 Å². The molecule has 0 aliphatic carbocycles. The van der Waals surface area contributed by atoms with E-state index in [1.54, 1.807) is 41.3 Å². The average molecular weight is 626 g/mol. The zero-order valence-corrected chi connectivity index (χ0v) is 27.6. The van der Waals surface area contributed by atoms with E-state index in [4.69, 9.17) is 0 Å². The summed E-state index contributed by atoms with van der Waals surface area (Å²) in [4.78, 5) is 30.1. The van der Waals surface area contributed by atoms with Crippen molar-refractivity contribution in [3.8, 4) is 0 Å². The summed E-state index contributed by atoms with van der Waals surface area (Å²) in [6.07, 6.45) is 1.00. The number of hydrogen-bond donors (Lipinski definition) is 1. The lowest BCUT2D eigenvalue weighted by molar-refractivity contribution is -0.140. The number of sulfonamides is 1. The Morgan fingerprint density at radius 2 is 1.36 bits per heavy atom. The van der Waals surface area contributed by atoms with Crippen LogP contribution in [-0.2, 0) is 32.6 Å². The highest BCUT2D eigenvalue weighted by Crippen LogP contribution is 2.26. The van der Waals surface area contributed by atoms with Gasteiger partial charge in [0.15, 0.2) is 0 Å². The summed E-state index contributed by atoms with van der Waals surface area (Å²) in [5.74, 6) is -0.756. The number of nitrogens with one attached hydrogen (secondary N) is 1. The maximum Gasteiger partial charge on any atom is 0.264 e. The molecule has 0 spiro atoms. The number of amides is 2. The first-order chi connectivity index (χ1) is 21.5. The normalized spacial score (nSPS) is 12.6. The van der Waals surface area contributed by atoms with Crippen molar-refractivity contribution in [3.63, 3.8) is 0 Å². The molecule has 0 aromatic heterocycles. The second-order valence-corrected chi connectivity index (χ2v) is 13.5. The lowest BCUT2D eigenvalue weighted by atomic mass is 10.0. The lowest BCUT2D eigenvalue weighted by Gasteiger charge is -2.34. The van der Waals surface area contributed by atoms with Crippen LogP contribution in [0.4, 0.5) is 5.69 Å². The molecule has 0 bridgehead atoms. The van der Waals surface area contributed by atoms with Gasteiger partial charge in [-0.2, -0.15) is 0 Å². The van der Waals surface area contributed by atoms with Crippen LogP contribution >= 0.6 is 0 Å². The summed E-state index contributed by atoms with van der Waals surface area (Å²) in [6.45, 7) is 9.35. The van der Waals surface area contributed by atoms with Gasteiger partial charge in [-0.3, -0.25) is 13.9 Å². The van der Waals surface area contributed by atoms with Gasteiger partial charge in [0, 0.05) is 19.0 Å². The van der Waals surface area contributed by atoms with Gasteiger partial charge in [-0.25, -0.2) is 8.42 Å². The molecule has 0 unspecified atom stereocenters. The first-order valence-electron chi connectivity index (χ1n) is 15.3. The number of aryl methyl sites for hydroxylation is 3.